The van der Waals surface area contributed by atoms with E-state index in [2.05, 4.69) is 70.9 Å². The predicted molar refractivity (Wildman–Crippen MR) is 198 cm³/mol. The van der Waals surface area contributed by atoms with Crippen molar-refractivity contribution in [2.75, 3.05) is 43.1 Å². The molecule has 2 aliphatic rings. The molecule has 1 fully saturated rings. The van der Waals surface area contributed by atoms with E-state index in [1.807, 2.05) is 55.0 Å². The third kappa shape index (κ3) is 9.35. The molecule has 4 aromatic rings. The summed E-state index contributed by atoms with van der Waals surface area (Å²) < 4.78 is 26.8. The van der Waals surface area contributed by atoms with Gasteiger partial charge in [0.2, 0.25) is 0 Å². The van der Waals surface area contributed by atoms with Gasteiger partial charge in [0.05, 0.1) is 24.8 Å². The van der Waals surface area contributed by atoms with E-state index in [1.54, 1.807) is 0 Å². The fourth-order valence-electron chi connectivity index (χ4n) is 6.14. The van der Waals surface area contributed by atoms with Gasteiger partial charge in [0.25, 0.3) is 5.91 Å². The molecule has 8 nitrogen and oxygen atoms in total. The van der Waals surface area contributed by atoms with Crippen LogP contribution in [0, 0.1) is 5.92 Å². The number of fused-ring (bicyclic) bond motifs is 1. The number of benzene rings is 3. The number of hydrogen-bond donors (Lipinski definition) is 1. The Bertz CT molecular complexity index is 1710. The molecule has 258 valence electrons. The van der Waals surface area contributed by atoms with Crippen LogP contribution in [0.5, 0.6) is 5.75 Å². The average Bonchev–Trinajstić information content (AvgIpc) is 3.88. The van der Waals surface area contributed by atoms with Gasteiger partial charge < -0.3 is 28.8 Å². The highest BCUT2D eigenvalue weighted by molar-refractivity contribution is 7.90. The second-order valence-electron chi connectivity index (χ2n) is 13.4. The Hall–Kier alpha value is -4.05. The average molecular weight is 681 g/mol. The van der Waals surface area contributed by atoms with Gasteiger partial charge in [0.15, 0.2) is 10.6 Å². The molecule has 1 aromatic heterocycles. The Kier molecular flexibility index (Phi) is 11.8. The first-order valence-corrected chi connectivity index (χ1v) is 18.9. The van der Waals surface area contributed by atoms with Crippen molar-refractivity contribution < 1.29 is 18.8 Å². The second kappa shape index (κ2) is 16.6. The highest BCUT2D eigenvalue weighted by Crippen LogP contribution is 2.37. The number of hydrogen-bond acceptors (Lipinski definition) is 6. The van der Waals surface area contributed by atoms with Crippen molar-refractivity contribution in [3.63, 3.8) is 0 Å². The number of nitrogens with one attached hydrogen (secondary N) is 1. The van der Waals surface area contributed by atoms with Crippen LogP contribution in [0.3, 0.4) is 0 Å². The smallest absolute Gasteiger partial charge is 0.251 e. The zero-order valence-corrected chi connectivity index (χ0v) is 29.7. The maximum atomic E-state index is 13.7. The minimum absolute atomic E-state index is 0.120. The van der Waals surface area contributed by atoms with Crippen LogP contribution in [0.15, 0.2) is 89.7 Å². The van der Waals surface area contributed by atoms with Gasteiger partial charge in [-0.1, -0.05) is 45.4 Å². The zero-order chi connectivity index (χ0) is 34.2. The number of carbonyl (C=O) groups is 1. The summed E-state index contributed by atoms with van der Waals surface area (Å²) in [5, 5.41) is 3.09. The zero-order valence-electron chi connectivity index (χ0n) is 28.9. The number of amides is 1. The van der Waals surface area contributed by atoms with Crippen LogP contribution in [0.2, 0.25) is 0 Å². The molecule has 1 unspecified atom stereocenters. The molecular weight excluding hydrogens is 633 g/mol. The van der Waals surface area contributed by atoms with Crippen LogP contribution in [-0.4, -0.2) is 52.9 Å². The monoisotopic (exact) mass is 680 g/mol. The van der Waals surface area contributed by atoms with Gasteiger partial charge in [-0.3, -0.25) is 4.79 Å². The Labute approximate surface area is 293 Å². The first-order valence-electron chi connectivity index (χ1n) is 17.6. The first-order chi connectivity index (χ1) is 23.9. The van der Waals surface area contributed by atoms with E-state index in [1.165, 1.54) is 0 Å². The topological polar surface area (TPSA) is 91.7 Å². The van der Waals surface area contributed by atoms with Crippen LogP contribution in [0.25, 0.3) is 17.2 Å². The summed E-state index contributed by atoms with van der Waals surface area (Å²) in [6.07, 6.45) is 10.8. The maximum absolute atomic E-state index is 13.7. The number of aromatic nitrogens is 2. The molecule has 0 saturated heterocycles. The molecule has 1 saturated carbocycles. The van der Waals surface area contributed by atoms with E-state index in [9.17, 15) is 9.35 Å². The van der Waals surface area contributed by atoms with Crippen LogP contribution in [-0.2, 0) is 26.5 Å². The molecule has 9 heteroatoms. The largest absolute Gasteiger partial charge is 0.611 e. The number of carbonyl (C=O) groups excluding carboxylic acids is 1. The molecule has 2 heterocycles. The van der Waals surface area contributed by atoms with Crippen LogP contribution < -0.4 is 15.0 Å². The summed E-state index contributed by atoms with van der Waals surface area (Å²) in [6.45, 7) is 10.1. The van der Waals surface area contributed by atoms with Gasteiger partial charge in [0.1, 0.15) is 12.4 Å². The number of nitrogens with zero attached hydrogens (tertiary/aromatic N) is 3. The van der Waals surface area contributed by atoms with Crippen LogP contribution in [0.4, 0.5) is 11.4 Å². The molecule has 1 aliphatic heterocycles. The van der Waals surface area contributed by atoms with Gasteiger partial charge in [-0.2, -0.15) is 0 Å². The molecular formula is C40H48N4O4S. The Morgan fingerprint density at radius 3 is 2.53 bits per heavy atom. The maximum Gasteiger partial charge on any atom is 0.251 e. The fraction of sp³-hybridized carbons (Fsp3) is 0.400. The van der Waals surface area contributed by atoms with Gasteiger partial charge >= 0.3 is 0 Å². The standard InChI is InChI=1S/C40H48N4O4S/c1-4-5-20-47-21-22-48-37-13-6-30(7-14-37)31-8-17-39-33(23-31)24-32(18-19-43(39)26-29(2)3)40(45)42-34-9-15-38(16-10-34)49(46)27-36-25-41-28-44(36)35-11-12-35/h6-10,13-17,23-25,28-29,35H,4-5,11-12,18-22,26-27H2,1-3H3,(H,42,45). The third-order valence-corrected chi connectivity index (χ3v) is 10.2. The molecule has 49 heavy (non-hydrogen) atoms. The Morgan fingerprint density at radius 2 is 1.80 bits per heavy atom. The van der Waals surface area contributed by atoms with E-state index in [0.29, 0.717) is 43.0 Å². The number of anilines is 2. The van der Waals surface area contributed by atoms with Crippen molar-refractivity contribution in [3.05, 3.63) is 96.1 Å². The molecule has 0 spiro atoms. The third-order valence-electron chi connectivity index (χ3n) is 8.89. The molecule has 0 radical (unpaired) electrons. The molecule has 3 aromatic carbocycles. The molecule has 1 amide bonds. The Morgan fingerprint density at radius 1 is 1.02 bits per heavy atom. The van der Waals surface area contributed by atoms with Crippen LogP contribution >= 0.6 is 0 Å². The lowest BCUT2D eigenvalue weighted by Gasteiger charge is -2.27. The number of rotatable bonds is 16. The summed E-state index contributed by atoms with van der Waals surface area (Å²) >= 11 is -1.20. The molecule has 6 rings (SSSR count). The minimum atomic E-state index is -1.20. The molecule has 1 N–H and O–H groups in total. The van der Waals surface area contributed by atoms with E-state index in [0.717, 1.165) is 89.7 Å². The van der Waals surface area contributed by atoms with Crippen molar-refractivity contribution in [2.24, 2.45) is 5.92 Å². The van der Waals surface area contributed by atoms with Crippen molar-refractivity contribution in [1.29, 1.82) is 0 Å². The first kappa shape index (κ1) is 34.8. The normalized spacial score (nSPS) is 15.0. The summed E-state index contributed by atoms with van der Waals surface area (Å²) in [6, 6.07) is 22.5. The van der Waals surface area contributed by atoms with Gasteiger partial charge in [-0.15, -0.1) is 0 Å². The van der Waals surface area contributed by atoms with Crippen molar-refractivity contribution in [2.45, 2.75) is 69.6 Å². The van der Waals surface area contributed by atoms with E-state index in [-0.39, 0.29) is 5.91 Å². The van der Waals surface area contributed by atoms with E-state index < -0.39 is 11.2 Å². The van der Waals surface area contributed by atoms with E-state index in [4.69, 9.17) is 9.47 Å². The molecule has 1 aliphatic carbocycles. The highest BCUT2D eigenvalue weighted by Gasteiger charge is 2.27. The summed E-state index contributed by atoms with van der Waals surface area (Å²) in [5.41, 5.74) is 6.75. The van der Waals surface area contributed by atoms with E-state index >= 15 is 0 Å². The summed E-state index contributed by atoms with van der Waals surface area (Å²) in [5.74, 6) is 1.60. The SMILES string of the molecule is CCCCOCCOc1ccc(-c2ccc3c(c2)C=C(C(=O)Nc2ccc([S+]([O-])Cc4cncn4C4CC4)cc2)CCN3CC(C)C)cc1. The molecule has 1 atom stereocenters. The lowest BCUT2D eigenvalue weighted by molar-refractivity contribution is -0.112. The van der Waals surface area contributed by atoms with Crippen LogP contribution in [0.1, 0.15) is 70.2 Å². The summed E-state index contributed by atoms with van der Waals surface area (Å²) in [4.78, 5) is 21.0. The minimum Gasteiger partial charge on any atom is -0.611 e. The fourth-order valence-corrected chi connectivity index (χ4v) is 7.24. The van der Waals surface area contributed by atoms with Gasteiger partial charge in [-0.05, 0) is 114 Å². The van der Waals surface area contributed by atoms with Gasteiger partial charge in [0, 0.05) is 42.7 Å². The summed E-state index contributed by atoms with van der Waals surface area (Å²) in [7, 11) is 0. The van der Waals surface area contributed by atoms with Gasteiger partial charge in [-0.25, -0.2) is 4.98 Å². The van der Waals surface area contributed by atoms with Crippen molar-refractivity contribution in [3.8, 4) is 16.9 Å². The highest BCUT2D eigenvalue weighted by atomic mass is 32.2. The quantitative estimate of drug-likeness (QED) is 0.0946. The predicted octanol–water partition coefficient (Wildman–Crippen LogP) is 8.28. The lowest BCUT2D eigenvalue weighted by Crippen LogP contribution is -2.29. The lowest BCUT2D eigenvalue weighted by atomic mass is 10.00. The number of ether oxygens (including phenoxy) is 2. The Balaban J connectivity index is 1.13. The number of imidazole rings is 1. The number of unbranched alkanes of at least 4 members (excludes halogenated alkanes) is 1. The van der Waals surface area contributed by atoms with Crippen molar-refractivity contribution in [1.82, 2.24) is 9.55 Å². The second-order valence-corrected chi connectivity index (χ2v) is 14.8. The van der Waals surface area contributed by atoms with Crippen molar-refractivity contribution >= 4 is 34.5 Å². The molecule has 0 bridgehead atoms.